The fourth-order valence-electron chi connectivity index (χ4n) is 5.94. The largest absolute Gasteiger partial charge is 0.372 e. The van der Waals surface area contributed by atoms with Crippen molar-refractivity contribution in [2.75, 3.05) is 20.3 Å². The lowest BCUT2D eigenvalue weighted by atomic mass is 9.99. The van der Waals surface area contributed by atoms with Gasteiger partial charge in [0.15, 0.2) is 0 Å². The fraction of sp³-hybridized carbons (Fsp3) is 0.242. The summed E-state index contributed by atoms with van der Waals surface area (Å²) in [6.07, 6.45) is 7.73. The Kier molecular flexibility index (Phi) is 7.39. The lowest BCUT2D eigenvalue weighted by Crippen LogP contribution is -2.46. The van der Waals surface area contributed by atoms with Crippen LogP contribution in [0.4, 0.5) is 0 Å². The molecule has 0 aliphatic carbocycles. The first kappa shape index (κ1) is 26.5. The zero-order valence-electron chi connectivity index (χ0n) is 23.0. The van der Waals surface area contributed by atoms with Gasteiger partial charge in [0.05, 0.1) is 18.1 Å². The summed E-state index contributed by atoms with van der Waals surface area (Å²) in [6, 6.07) is 20.1. The first-order valence-electron chi connectivity index (χ1n) is 14.0. The number of hydrogen-bond acceptors (Lipinski definition) is 6. The molecule has 1 unspecified atom stereocenters. The Morgan fingerprint density at radius 1 is 1.07 bits per heavy atom. The van der Waals surface area contributed by atoms with E-state index in [4.69, 9.17) is 0 Å². The Morgan fingerprint density at radius 2 is 1.93 bits per heavy atom. The molecule has 0 saturated heterocycles. The summed E-state index contributed by atoms with van der Waals surface area (Å²) in [5, 5.41) is 12.1. The van der Waals surface area contributed by atoms with E-state index in [9.17, 15) is 14.4 Å². The van der Waals surface area contributed by atoms with E-state index in [-0.39, 0.29) is 18.2 Å². The third kappa shape index (κ3) is 5.14. The molecule has 0 spiro atoms. The van der Waals surface area contributed by atoms with Crippen LogP contribution in [0.15, 0.2) is 90.3 Å². The van der Waals surface area contributed by atoms with Gasteiger partial charge in [-0.2, -0.15) is 0 Å². The molecule has 3 aromatic rings. The number of nitrogens with zero attached hydrogens (tertiary/aromatic N) is 2. The lowest BCUT2D eigenvalue weighted by Gasteiger charge is -2.28. The molecule has 2 amide bonds. The smallest absolute Gasteiger partial charge is 0.255 e. The summed E-state index contributed by atoms with van der Waals surface area (Å²) in [4.78, 5) is 40.6. The highest BCUT2D eigenvalue weighted by Crippen LogP contribution is 2.35. The molecule has 0 radical (unpaired) electrons. The quantitative estimate of drug-likeness (QED) is 0.336. The van der Waals surface area contributed by atoms with Crippen molar-refractivity contribution in [3.05, 3.63) is 113 Å². The van der Waals surface area contributed by atoms with Gasteiger partial charge in [0.25, 0.3) is 5.91 Å². The van der Waals surface area contributed by atoms with Crippen LogP contribution in [0.3, 0.4) is 0 Å². The number of likely N-dealkylation sites (N-methyl/N-ethyl adjacent to an activating group) is 1. The summed E-state index contributed by atoms with van der Waals surface area (Å²) < 4.78 is 0. The van der Waals surface area contributed by atoms with Crippen molar-refractivity contribution in [3.63, 3.8) is 0 Å². The fourth-order valence-corrected chi connectivity index (χ4v) is 5.94. The Labute approximate surface area is 239 Å². The molecule has 0 aromatic heterocycles. The van der Waals surface area contributed by atoms with E-state index in [0.717, 1.165) is 40.9 Å². The number of hydrogen-bond donors (Lipinski definition) is 3. The summed E-state index contributed by atoms with van der Waals surface area (Å²) >= 11 is 0. The monoisotopic (exact) mass is 547 g/mol. The van der Waals surface area contributed by atoms with Crippen LogP contribution >= 0.6 is 0 Å². The maximum Gasteiger partial charge on any atom is 0.255 e. The van der Waals surface area contributed by atoms with Gasteiger partial charge in [-0.25, -0.2) is 0 Å². The van der Waals surface area contributed by atoms with Gasteiger partial charge in [0.2, 0.25) is 5.91 Å². The molecule has 41 heavy (non-hydrogen) atoms. The summed E-state index contributed by atoms with van der Waals surface area (Å²) in [5.41, 5.74) is 7.09. The van der Waals surface area contributed by atoms with Crippen molar-refractivity contribution in [3.8, 4) is 0 Å². The zero-order valence-corrected chi connectivity index (χ0v) is 23.0. The van der Waals surface area contributed by atoms with E-state index in [1.165, 1.54) is 16.3 Å². The molecular weight excluding hydrogens is 514 g/mol. The zero-order chi connectivity index (χ0) is 28.3. The Morgan fingerprint density at radius 3 is 2.78 bits per heavy atom. The number of carbonyl (C=O) groups excluding carboxylic acids is 3. The van der Waals surface area contributed by atoms with E-state index in [0.29, 0.717) is 31.7 Å². The van der Waals surface area contributed by atoms with E-state index in [1.807, 2.05) is 18.3 Å². The van der Waals surface area contributed by atoms with Crippen molar-refractivity contribution in [1.29, 1.82) is 0 Å². The minimum atomic E-state index is -0.679. The van der Waals surface area contributed by atoms with Crippen LogP contribution in [-0.4, -0.2) is 54.2 Å². The number of nitrogens with one attached hydrogen (secondary N) is 3. The molecule has 0 bridgehead atoms. The van der Waals surface area contributed by atoms with Gasteiger partial charge >= 0.3 is 0 Å². The molecule has 0 saturated carbocycles. The number of aldehydes is 1. The average molecular weight is 548 g/mol. The van der Waals surface area contributed by atoms with Crippen molar-refractivity contribution in [1.82, 2.24) is 25.8 Å². The first-order valence-corrected chi connectivity index (χ1v) is 14.0. The molecule has 3 aromatic carbocycles. The average Bonchev–Trinajstić information content (AvgIpc) is 3.61. The molecule has 3 aliphatic heterocycles. The minimum absolute atomic E-state index is 0.176. The SMILES string of the molecule is CNC(=O)C(CCC=O)N1Cc2cc(C3=CC(CNCc4cccc5ccccc45)=CC4=CNCN43)ccc2C1=O. The molecule has 3 aliphatic rings. The Hall–Kier alpha value is -4.69. The highest BCUT2D eigenvalue weighted by molar-refractivity contribution is 6.01. The number of amides is 2. The molecule has 1 atom stereocenters. The molecular formula is C33H33N5O3. The molecule has 3 N–H and O–H groups in total. The maximum absolute atomic E-state index is 13.3. The third-order valence-electron chi connectivity index (χ3n) is 8.00. The van der Waals surface area contributed by atoms with Gasteiger partial charge in [-0.15, -0.1) is 0 Å². The van der Waals surface area contributed by atoms with Crippen LogP contribution in [0, 0.1) is 0 Å². The summed E-state index contributed by atoms with van der Waals surface area (Å²) in [5.74, 6) is -0.433. The molecule has 3 heterocycles. The number of fused-ring (bicyclic) bond motifs is 3. The van der Waals surface area contributed by atoms with Gasteiger partial charge in [-0.3, -0.25) is 9.59 Å². The van der Waals surface area contributed by atoms with Gasteiger partial charge in [0.1, 0.15) is 12.3 Å². The predicted octanol–water partition coefficient (Wildman–Crippen LogP) is 3.66. The van der Waals surface area contributed by atoms with E-state index < -0.39 is 6.04 Å². The van der Waals surface area contributed by atoms with Crippen molar-refractivity contribution >= 4 is 34.6 Å². The van der Waals surface area contributed by atoms with Crippen LogP contribution in [0.5, 0.6) is 0 Å². The number of carbonyl (C=O) groups is 3. The Bertz CT molecular complexity index is 1620. The topological polar surface area (TPSA) is 93.8 Å². The molecule has 8 heteroatoms. The van der Waals surface area contributed by atoms with Gasteiger partial charge in [-0.1, -0.05) is 48.5 Å². The minimum Gasteiger partial charge on any atom is -0.372 e. The van der Waals surface area contributed by atoms with Crippen LogP contribution < -0.4 is 16.0 Å². The van der Waals surface area contributed by atoms with Gasteiger partial charge in [0, 0.05) is 44.9 Å². The van der Waals surface area contributed by atoms with Crippen molar-refractivity contribution < 1.29 is 14.4 Å². The Balaban J connectivity index is 1.22. The second-order valence-electron chi connectivity index (χ2n) is 10.5. The number of rotatable bonds is 10. The van der Waals surface area contributed by atoms with Crippen LogP contribution in [0.2, 0.25) is 0 Å². The second kappa shape index (κ2) is 11.4. The van der Waals surface area contributed by atoms with Crippen molar-refractivity contribution in [2.45, 2.75) is 32.0 Å². The molecule has 8 nitrogen and oxygen atoms in total. The summed E-state index contributed by atoms with van der Waals surface area (Å²) in [6.45, 7) is 2.47. The third-order valence-corrected chi connectivity index (χ3v) is 8.00. The normalized spacial score (nSPS) is 16.4. The van der Waals surface area contributed by atoms with Crippen LogP contribution in [0.1, 0.15) is 39.9 Å². The van der Waals surface area contributed by atoms with E-state index in [1.54, 1.807) is 11.9 Å². The standard InChI is InChI=1S/C33H33N5O3/c1-34-32(40)30(10-5-13-39)37-20-26-16-24(11-12-29(26)33(37)41)31-15-22(14-27-19-36-21-38(27)31)17-35-18-25-8-4-7-23-6-2-3-9-28(23)25/h2-4,6-9,11-16,19,30,35-36H,5,10,17-18,20-21H2,1H3,(H,34,40). The van der Waals surface area contributed by atoms with Crippen molar-refractivity contribution in [2.24, 2.45) is 0 Å². The highest BCUT2D eigenvalue weighted by Gasteiger charge is 2.36. The van der Waals surface area contributed by atoms with Gasteiger partial charge < -0.3 is 30.5 Å². The molecule has 208 valence electrons. The maximum atomic E-state index is 13.3. The van der Waals surface area contributed by atoms with Crippen LogP contribution in [-0.2, 0) is 22.7 Å². The lowest BCUT2D eigenvalue weighted by molar-refractivity contribution is -0.125. The molecule has 6 rings (SSSR count). The van der Waals surface area contributed by atoms with Crippen LogP contribution in [0.25, 0.3) is 16.5 Å². The number of allylic oxidation sites excluding steroid dienone is 1. The van der Waals surface area contributed by atoms with Gasteiger partial charge in [-0.05, 0) is 63.7 Å². The second-order valence-corrected chi connectivity index (χ2v) is 10.5. The summed E-state index contributed by atoms with van der Waals surface area (Å²) in [7, 11) is 1.55. The number of benzene rings is 3. The first-order chi connectivity index (χ1) is 20.1. The van der Waals surface area contributed by atoms with E-state index >= 15 is 0 Å². The molecule has 0 fully saturated rings. The predicted molar refractivity (Wildman–Crippen MR) is 159 cm³/mol. The highest BCUT2D eigenvalue weighted by atomic mass is 16.2. The van der Waals surface area contributed by atoms with E-state index in [2.05, 4.69) is 81.5 Å².